The molecule has 0 bridgehead atoms. The molecule has 1 fully saturated rings. The van der Waals surface area contributed by atoms with E-state index in [9.17, 15) is 29.1 Å². The van der Waals surface area contributed by atoms with E-state index in [-0.39, 0.29) is 71.6 Å². The standard InChI is InChI=1S/C48H64N4O10Si/c1-46(2,3)61-45(58)52(30-40(62-63(7,8)47(4,5)6)37-19-21-39(54)42-38(37)20-22-41(55)51-42)28-13-12-25-50-43(56)34-15-14-18-36(29-34)48(60-32-53,35-16-10-9-11-17-35)44(57)59-31-33-23-26-49-27-24-33/h9-11,14-22,29,32-33,40,49,54H,12-13,23-28,30-31H2,1-8H3,(H,50,56)(H,51,55)/t40-,48?/m0/s1. The van der Waals surface area contributed by atoms with Gasteiger partial charge in [0.05, 0.1) is 24.8 Å². The number of piperidine rings is 1. The maximum absolute atomic E-state index is 14.1. The number of phenols is 1. The lowest BCUT2D eigenvalue weighted by Crippen LogP contribution is -2.46. The molecule has 2 amide bonds. The van der Waals surface area contributed by atoms with Crippen molar-refractivity contribution < 1.29 is 42.9 Å². The number of carbonyl (C=O) groups excluding carboxylic acids is 4. The summed E-state index contributed by atoms with van der Waals surface area (Å²) in [5, 5.41) is 17.4. The second-order valence-electron chi connectivity index (χ2n) is 18.7. The molecule has 15 heteroatoms. The summed E-state index contributed by atoms with van der Waals surface area (Å²) in [5.41, 5.74) is -1.21. The normalized spacial score (nSPS) is 15.2. The molecule has 1 aliphatic heterocycles. The van der Waals surface area contributed by atoms with Gasteiger partial charge in [-0.2, -0.15) is 0 Å². The van der Waals surface area contributed by atoms with Crippen molar-refractivity contribution in [1.29, 1.82) is 0 Å². The minimum atomic E-state index is -2.47. The zero-order valence-corrected chi connectivity index (χ0v) is 38.9. The Hall–Kier alpha value is -5.51. The van der Waals surface area contributed by atoms with E-state index in [1.807, 2.05) is 0 Å². The van der Waals surface area contributed by atoms with Gasteiger partial charge < -0.3 is 44.3 Å². The lowest BCUT2D eigenvalue weighted by atomic mass is 9.85. The first-order valence-corrected chi connectivity index (χ1v) is 24.6. The number of hydrogen-bond acceptors (Lipinski definition) is 11. The van der Waals surface area contributed by atoms with E-state index >= 15 is 0 Å². The van der Waals surface area contributed by atoms with Crippen LogP contribution in [0.25, 0.3) is 10.9 Å². The maximum atomic E-state index is 14.1. The number of aromatic hydroxyl groups is 1. The van der Waals surface area contributed by atoms with Crippen molar-refractivity contribution in [2.75, 3.05) is 39.3 Å². The third-order valence-corrected chi connectivity index (χ3v) is 16.3. The van der Waals surface area contributed by atoms with E-state index in [1.165, 1.54) is 18.2 Å². The van der Waals surface area contributed by atoms with Gasteiger partial charge in [-0.1, -0.05) is 69.3 Å². The molecule has 63 heavy (non-hydrogen) atoms. The van der Waals surface area contributed by atoms with Crippen LogP contribution in [0.5, 0.6) is 5.75 Å². The van der Waals surface area contributed by atoms with Crippen molar-refractivity contribution >= 4 is 43.7 Å². The molecule has 2 heterocycles. The number of nitrogens with one attached hydrogen (secondary N) is 3. The number of unbranched alkanes of at least 4 members (excludes halogenated alkanes) is 1. The highest BCUT2D eigenvalue weighted by molar-refractivity contribution is 6.74. The van der Waals surface area contributed by atoms with E-state index in [4.69, 9.17) is 18.6 Å². The summed E-state index contributed by atoms with van der Waals surface area (Å²) < 4.78 is 24.4. The van der Waals surface area contributed by atoms with Gasteiger partial charge in [0.2, 0.25) is 5.56 Å². The predicted octanol–water partition coefficient (Wildman–Crippen LogP) is 7.70. The van der Waals surface area contributed by atoms with Crippen LogP contribution in [-0.2, 0) is 33.8 Å². The second kappa shape index (κ2) is 20.8. The third kappa shape index (κ3) is 12.4. The van der Waals surface area contributed by atoms with Crippen molar-refractivity contribution in [3.8, 4) is 5.75 Å². The number of amides is 2. The van der Waals surface area contributed by atoms with Crippen LogP contribution in [0.4, 0.5) is 4.79 Å². The first-order chi connectivity index (χ1) is 29.8. The van der Waals surface area contributed by atoms with Crippen molar-refractivity contribution in [3.05, 3.63) is 111 Å². The second-order valence-corrected chi connectivity index (χ2v) is 23.4. The lowest BCUT2D eigenvalue weighted by Gasteiger charge is -2.41. The number of H-pyrrole nitrogens is 1. The van der Waals surface area contributed by atoms with Gasteiger partial charge in [0, 0.05) is 41.2 Å². The van der Waals surface area contributed by atoms with E-state index < -0.39 is 43.6 Å². The summed E-state index contributed by atoms with van der Waals surface area (Å²) in [6.45, 7) is 18.7. The SMILES string of the molecule is CC(C)(C)OC(=O)N(CCCCNC(=O)c1cccc(C(OC=O)(C(=O)OCC2CCNCC2)c2ccccc2)c1)C[C@H](O[Si](C)(C)C(C)(C)C)c1ccc(O)c2[nH]c(=O)ccc12. The van der Waals surface area contributed by atoms with Crippen LogP contribution in [0.3, 0.4) is 0 Å². The smallest absolute Gasteiger partial charge is 0.410 e. The van der Waals surface area contributed by atoms with Crippen LogP contribution in [0.1, 0.15) is 100 Å². The molecule has 14 nitrogen and oxygen atoms in total. The van der Waals surface area contributed by atoms with Crippen LogP contribution >= 0.6 is 0 Å². The fraction of sp³-hybridized carbons (Fsp3) is 0.479. The Bertz CT molecular complexity index is 2260. The highest BCUT2D eigenvalue weighted by atomic mass is 28.4. The molecule has 340 valence electrons. The number of rotatable bonds is 18. The number of hydrogen-bond donors (Lipinski definition) is 4. The predicted molar refractivity (Wildman–Crippen MR) is 244 cm³/mol. The zero-order valence-electron chi connectivity index (χ0n) is 37.9. The summed E-state index contributed by atoms with van der Waals surface area (Å²) in [6, 6.07) is 21.4. The van der Waals surface area contributed by atoms with Gasteiger partial charge in [0.15, 0.2) is 8.32 Å². The molecule has 0 saturated carbocycles. The minimum Gasteiger partial charge on any atom is -0.506 e. The maximum Gasteiger partial charge on any atom is 0.410 e. The molecule has 1 aliphatic rings. The molecular formula is C48H64N4O10Si. The van der Waals surface area contributed by atoms with E-state index in [0.29, 0.717) is 29.4 Å². The van der Waals surface area contributed by atoms with Crippen LogP contribution in [0.2, 0.25) is 18.1 Å². The molecule has 3 aromatic carbocycles. The average molecular weight is 885 g/mol. The van der Waals surface area contributed by atoms with Crippen LogP contribution in [0, 0.1) is 5.92 Å². The fourth-order valence-electron chi connectivity index (χ4n) is 7.34. The zero-order chi connectivity index (χ0) is 46.0. The summed E-state index contributed by atoms with van der Waals surface area (Å²) in [4.78, 5) is 70.3. The molecule has 4 aromatic rings. The number of fused-ring (bicyclic) bond motifs is 1. The number of phenolic OH excluding ortho intramolecular Hbond substituents is 1. The molecule has 0 aliphatic carbocycles. The molecule has 1 unspecified atom stereocenters. The molecule has 0 radical (unpaired) electrons. The summed E-state index contributed by atoms with van der Waals surface area (Å²) in [7, 11) is -2.47. The van der Waals surface area contributed by atoms with Crippen molar-refractivity contribution in [1.82, 2.24) is 20.5 Å². The first kappa shape index (κ1) is 48.5. The number of nitrogens with zero attached hydrogens (tertiary/aromatic N) is 1. The van der Waals surface area contributed by atoms with E-state index in [2.05, 4.69) is 49.5 Å². The van der Waals surface area contributed by atoms with Crippen molar-refractivity contribution in [2.45, 2.75) is 103 Å². The quantitative estimate of drug-likeness (QED) is 0.0252. The molecule has 5 rings (SSSR count). The van der Waals surface area contributed by atoms with Gasteiger partial charge in [0.25, 0.3) is 18.0 Å². The van der Waals surface area contributed by atoms with Crippen LogP contribution < -0.4 is 16.2 Å². The largest absolute Gasteiger partial charge is 0.506 e. The number of ether oxygens (including phenoxy) is 3. The summed E-state index contributed by atoms with van der Waals surface area (Å²) >= 11 is 0. The first-order valence-electron chi connectivity index (χ1n) is 21.7. The third-order valence-electron chi connectivity index (χ3n) is 11.8. The van der Waals surface area contributed by atoms with Gasteiger partial charge in [-0.15, -0.1) is 0 Å². The number of benzene rings is 3. The van der Waals surface area contributed by atoms with Crippen molar-refractivity contribution in [2.24, 2.45) is 5.92 Å². The van der Waals surface area contributed by atoms with Crippen LogP contribution in [-0.4, -0.2) is 92.7 Å². The van der Waals surface area contributed by atoms with Crippen molar-refractivity contribution in [3.63, 3.8) is 0 Å². The molecule has 4 N–H and O–H groups in total. The van der Waals surface area contributed by atoms with Gasteiger partial charge in [-0.3, -0.25) is 14.4 Å². The average Bonchev–Trinajstić information content (AvgIpc) is 3.23. The highest BCUT2D eigenvalue weighted by Gasteiger charge is 2.47. The summed E-state index contributed by atoms with van der Waals surface area (Å²) in [5.74, 6) is -1.07. The lowest BCUT2D eigenvalue weighted by molar-refractivity contribution is -0.173. The Morgan fingerprint density at radius 3 is 2.29 bits per heavy atom. The molecule has 2 atom stereocenters. The number of aromatic nitrogens is 1. The van der Waals surface area contributed by atoms with Gasteiger partial charge in [-0.25, -0.2) is 9.59 Å². The fourth-order valence-corrected chi connectivity index (χ4v) is 8.61. The Kier molecular flexibility index (Phi) is 16.0. The Morgan fingerprint density at radius 2 is 1.62 bits per heavy atom. The molecule has 1 saturated heterocycles. The Labute approximate surface area is 371 Å². The monoisotopic (exact) mass is 884 g/mol. The number of pyridine rings is 1. The topological polar surface area (TPSA) is 186 Å². The number of aromatic amines is 1. The number of carbonyl (C=O) groups is 4. The molecule has 1 aromatic heterocycles. The molecular weight excluding hydrogens is 821 g/mol. The number of esters is 1. The summed E-state index contributed by atoms with van der Waals surface area (Å²) in [6.07, 6.45) is 1.51. The minimum absolute atomic E-state index is 0.0781. The van der Waals surface area contributed by atoms with Gasteiger partial charge >= 0.3 is 12.1 Å². The Morgan fingerprint density at radius 1 is 0.921 bits per heavy atom. The van der Waals surface area contributed by atoms with Crippen LogP contribution in [0.15, 0.2) is 83.7 Å². The highest BCUT2D eigenvalue weighted by Crippen LogP contribution is 2.42. The van der Waals surface area contributed by atoms with E-state index in [1.54, 1.807) is 86.3 Å². The molecule has 0 spiro atoms. The van der Waals surface area contributed by atoms with Gasteiger partial charge in [-0.05, 0) is 113 Å². The van der Waals surface area contributed by atoms with Gasteiger partial charge in [0.1, 0.15) is 11.4 Å². The van der Waals surface area contributed by atoms with E-state index in [0.717, 1.165) is 25.9 Å². The Balaban J connectivity index is 1.33.